The number of epoxide rings is 1. The van der Waals surface area contributed by atoms with Gasteiger partial charge in [-0.25, -0.2) is 0 Å². The highest BCUT2D eigenvalue weighted by atomic mass is 16.6. The van der Waals surface area contributed by atoms with Gasteiger partial charge in [0.25, 0.3) is 0 Å². The Hall–Kier alpha value is -2.33. The first kappa shape index (κ1) is 16.5. The van der Waals surface area contributed by atoms with Crippen LogP contribution in [-0.4, -0.2) is 26.1 Å². The van der Waals surface area contributed by atoms with Gasteiger partial charge in [0.1, 0.15) is 17.6 Å². The van der Waals surface area contributed by atoms with Crippen molar-refractivity contribution in [2.45, 2.75) is 25.6 Å². The van der Waals surface area contributed by atoms with Crippen LogP contribution in [-0.2, 0) is 4.74 Å². The molecule has 0 aromatic heterocycles. The normalized spacial score (nSPS) is 20.3. The van der Waals surface area contributed by atoms with Crippen molar-refractivity contribution in [3.63, 3.8) is 0 Å². The summed E-state index contributed by atoms with van der Waals surface area (Å²) in [4.78, 5) is 12.8. The van der Waals surface area contributed by atoms with E-state index in [-0.39, 0.29) is 23.9 Å². The van der Waals surface area contributed by atoms with E-state index in [1.54, 1.807) is 14.2 Å². The molecule has 4 heteroatoms. The van der Waals surface area contributed by atoms with Crippen LogP contribution in [0.25, 0.3) is 0 Å². The topological polar surface area (TPSA) is 48.1 Å². The third-order valence-corrected chi connectivity index (χ3v) is 4.52. The highest BCUT2D eigenvalue weighted by molar-refractivity contribution is 5.98. The molecule has 0 radical (unpaired) electrons. The Morgan fingerprint density at radius 3 is 2.04 bits per heavy atom. The summed E-state index contributed by atoms with van der Waals surface area (Å²) in [7, 11) is 3.26. The Kier molecular flexibility index (Phi) is 4.86. The standard InChI is InChI=1S/C20H22O4/c1-4-17(18(21)13-5-9-15(22-2)10-6-13)20-19(24-20)14-7-11-16(23-3)12-8-14/h5-12,17,19-20H,4H2,1-3H3. The number of Topliss-reactive ketones (excluding diaryl/α,β-unsaturated/α-hetero) is 1. The lowest BCUT2D eigenvalue weighted by Crippen LogP contribution is -2.20. The van der Waals surface area contributed by atoms with E-state index in [1.165, 1.54) is 0 Å². The molecular weight excluding hydrogens is 304 g/mol. The number of ether oxygens (including phenoxy) is 3. The summed E-state index contributed by atoms with van der Waals surface area (Å²) in [5, 5.41) is 0. The molecule has 0 amide bonds. The molecule has 0 spiro atoms. The molecule has 1 fully saturated rings. The number of carbonyl (C=O) groups excluding carboxylic acids is 1. The van der Waals surface area contributed by atoms with Crippen LogP contribution in [0.4, 0.5) is 0 Å². The Morgan fingerprint density at radius 1 is 1.00 bits per heavy atom. The third kappa shape index (κ3) is 3.29. The molecule has 126 valence electrons. The largest absolute Gasteiger partial charge is 0.497 e. The van der Waals surface area contributed by atoms with Crippen LogP contribution in [0, 0.1) is 5.92 Å². The summed E-state index contributed by atoms with van der Waals surface area (Å²) < 4.78 is 16.1. The fourth-order valence-corrected chi connectivity index (χ4v) is 3.03. The lowest BCUT2D eigenvalue weighted by atomic mass is 9.89. The van der Waals surface area contributed by atoms with Crippen molar-refractivity contribution < 1.29 is 19.0 Å². The van der Waals surface area contributed by atoms with Crippen molar-refractivity contribution in [2.24, 2.45) is 5.92 Å². The van der Waals surface area contributed by atoms with E-state index in [1.807, 2.05) is 55.5 Å². The second-order valence-corrected chi connectivity index (χ2v) is 5.90. The number of hydrogen-bond acceptors (Lipinski definition) is 4. The average molecular weight is 326 g/mol. The number of hydrogen-bond donors (Lipinski definition) is 0. The third-order valence-electron chi connectivity index (χ3n) is 4.52. The molecule has 2 aromatic carbocycles. The molecule has 4 nitrogen and oxygen atoms in total. The van der Waals surface area contributed by atoms with Crippen LogP contribution >= 0.6 is 0 Å². The maximum absolute atomic E-state index is 12.8. The number of methoxy groups -OCH3 is 2. The van der Waals surface area contributed by atoms with Gasteiger partial charge in [0.2, 0.25) is 0 Å². The summed E-state index contributed by atoms with van der Waals surface area (Å²) in [5.74, 6) is 1.56. The number of carbonyl (C=O) groups is 1. The van der Waals surface area contributed by atoms with Crippen LogP contribution in [0.2, 0.25) is 0 Å². The van der Waals surface area contributed by atoms with Crippen LogP contribution < -0.4 is 9.47 Å². The lowest BCUT2D eigenvalue weighted by molar-refractivity contribution is 0.0893. The molecule has 0 N–H and O–H groups in total. The summed E-state index contributed by atoms with van der Waals surface area (Å²) in [6.07, 6.45) is 0.684. The SMILES string of the molecule is CCC(C(=O)c1ccc(OC)cc1)C1OC1c1ccc(OC)cc1. The van der Waals surface area contributed by atoms with Crippen LogP contribution in [0.1, 0.15) is 35.4 Å². The Labute approximate surface area is 142 Å². The van der Waals surface area contributed by atoms with Gasteiger partial charge in [-0.1, -0.05) is 19.1 Å². The lowest BCUT2D eigenvalue weighted by Gasteiger charge is -2.12. The highest BCUT2D eigenvalue weighted by Gasteiger charge is 2.47. The minimum atomic E-state index is -0.134. The van der Waals surface area contributed by atoms with Gasteiger partial charge in [0, 0.05) is 5.56 Å². The van der Waals surface area contributed by atoms with E-state index in [0.29, 0.717) is 5.56 Å². The Balaban J connectivity index is 1.71. The Bertz CT molecular complexity index is 691. The van der Waals surface area contributed by atoms with Crippen molar-refractivity contribution in [3.8, 4) is 11.5 Å². The molecule has 3 rings (SSSR count). The summed E-state index contributed by atoms with van der Waals surface area (Å²) in [6.45, 7) is 2.03. The van der Waals surface area contributed by atoms with E-state index in [0.717, 1.165) is 23.5 Å². The summed E-state index contributed by atoms with van der Waals surface area (Å²) >= 11 is 0. The van der Waals surface area contributed by atoms with Crippen LogP contribution in [0.15, 0.2) is 48.5 Å². The fraction of sp³-hybridized carbons (Fsp3) is 0.350. The quantitative estimate of drug-likeness (QED) is 0.569. The average Bonchev–Trinajstić information content (AvgIpc) is 3.43. The molecule has 0 saturated carbocycles. The van der Waals surface area contributed by atoms with Gasteiger partial charge < -0.3 is 14.2 Å². The van der Waals surface area contributed by atoms with E-state index >= 15 is 0 Å². The Morgan fingerprint density at radius 2 is 1.54 bits per heavy atom. The molecule has 0 aliphatic carbocycles. The molecule has 1 aliphatic rings. The van der Waals surface area contributed by atoms with Crippen LogP contribution in [0.3, 0.4) is 0 Å². The maximum Gasteiger partial charge on any atom is 0.168 e. The molecule has 1 heterocycles. The fourth-order valence-electron chi connectivity index (χ4n) is 3.03. The van der Waals surface area contributed by atoms with E-state index in [4.69, 9.17) is 14.2 Å². The first-order chi connectivity index (χ1) is 11.7. The molecule has 1 saturated heterocycles. The molecule has 2 aromatic rings. The summed E-state index contributed by atoms with van der Waals surface area (Å²) in [5.41, 5.74) is 1.79. The first-order valence-electron chi connectivity index (χ1n) is 8.15. The number of benzene rings is 2. The molecular formula is C20H22O4. The predicted molar refractivity (Wildman–Crippen MR) is 91.7 cm³/mol. The van der Waals surface area contributed by atoms with Crippen molar-refractivity contribution in [3.05, 3.63) is 59.7 Å². The van der Waals surface area contributed by atoms with Gasteiger partial charge in [-0.3, -0.25) is 4.79 Å². The van der Waals surface area contributed by atoms with E-state index in [9.17, 15) is 4.79 Å². The minimum absolute atomic E-state index is 0.0111. The molecule has 24 heavy (non-hydrogen) atoms. The molecule has 1 aliphatic heterocycles. The van der Waals surface area contributed by atoms with Crippen molar-refractivity contribution in [1.82, 2.24) is 0 Å². The van der Waals surface area contributed by atoms with E-state index in [2.05, 4.69) is 0 Å². The summed E-state index contributed by atoms with van der Waals surface area (Å²) in [6, 6.07) is 15.1. The van der Waals surface area contributed by atoms with E-state index < -0.39 is 0 Å². The van der Waals surface area contributed by atoms with Gasteiger partial charge in [0.15, 0.2) is 5.78 Å². The van der Waals surface area contributed by atoms with Gasteiger partial charge in [-0.05, 0) is 48.4 Å². The zero-order valence-corrected chi connectivity index (χ0v) is 14.2. The maximum atomic E-state index is 12.8. The predicted octanol–water partition coefficient (Wildman–Crippen LogP) is 4.05. The van der Waals surface area contributed by atoms with Gasteiger partial charge in [0.05, 0.1) is 26.2 Å². The first-order valence-corrected chi connectivity index (χ1v) is 8.15. The van der Waals surface area contributed by atoms with Crippen LogP contribution in [0.5, 0.6) is 11.5 Å². The van der Waals surface area contributed by atoms with Crippen molar-refractivity contribution in [2.75, 3.05) is 14.2 Å². The monoisotopic (exact) mass is 326 g/mol. The number of ketones is 1. The zero-order valence-electron chi connectivity index (χ0n) is 14.2. The smallest absolute Gasteiger partial charge is 0.168 e. The zero-order chi connectivity index (χ0) is 17.1. The molecule has 0 bridgehead atoms. The molecule has 3 unspecified atom stereocenters. The molecule has 3 atom stereocenters. The van der Waals surface area contributed by atoms with Gasteiger partial charge >= 0.3 is 0 Å². The van der Waals surface area contributed by atoms with Crippen molar-refractivity contribution >= 4 is 5.78 Å². The van der Waals surface area contributed by atoms with Crippen molar-refractivity contribution in [1.29, 1.82) is 0 Å². The second kappa shape index (κ2) is 7.05. The highest BCUT2D eigenvalue weighted by Crippen LogP contribution is 2.45. The second-order valence-electron chi connectivity index (χ2n) is 5.90. The van der Waals surface area contributed by atoms with Gasteiger partial charge in [-0.15, -0.1) is 0 Å². The number of rotatable bonds is 7. The minimum Gasteiger partial charge on any atom is -0.497 e. The van der Waals surface area contributed by atoms with Gasteiger partial charge in [-0.2, -0.15) is 0 Å².